The van der Waals surface area contributed by atoms with Crippen molar-refractivity contribution < 1.29 is 23.0 Å². The molecule has 1 saturated heterocycles. The maximum atomic E-state index is 15.5. The van der Waals surface area contributed by atoms with Gasteiger partial charge in [-0.15, -0.1) is 0 Å². The van der Waals surface area contributed by atoms with Gasteiger partial charge in [-0.1, -0.05) is 55.4 Å². The molecule has 0 radical (unpaired) electrons. The number of hydrogen-bond acceptors (Lipinski definition) is 3. The molecule has 5 nitrogen and oxygen atoms in total. The van der Waals surface area contributed by atoms with Gasteiger partial charge in [0, 0.05) is 14.2 Å². The number of hydrogen-bond donors (Lipinski definition) is 0. The van der Waals surface area contributed by atoms with Crippen LogP contribution in [0.25, 0.3) is 0 Å². The summed E-state index contributed by atoms with van der Waals surface area (Å²) < 4.78 is 41.0. The van der Waals surface area contributed by atoms with Crippen LogP contribution in [0.15, 0.2) is 0 Å². The number of urea groups is 1. The van der Waals surface area contributed by atoms with Crippen molar-refractivity contribution in [2.45, 2.75) is 79.1 Å². The summed E-state index contributed by atoms with van der Waals surface area (Å²) in [6, 6.07) is -0.626. The van der Waals surface area contributed by atoms with Gasteiger partial charge >= 0.3 is 6.03 Å². The maximum Gasteiger partial charge on any atom is 0.325 e. The van der Waals surface area contributed by atoms with Crippen molar-refractivity contribution in [3.05, 3.63) is 0 Å². The summed E-state index contributed by atoms with van der Waals surface area (Å²) in [4.78, 5) is 16.2. The van der Waals surface area contributed by atoms with Gasteiger partial charge in [0.2, 0.25) is 0 Å². The van der Waals surface area contributed by atoms with E-state index in [9.17, 15) is 4.79 Å². The van der Waals surface area contributed by atoms with Crippen molar-refractivity contribution >= 4 is 6.03 Å². The molecule has 2 amide bonds. The number of halogens is 2. The zero-order valence-corrected chi connectivity index (χ0v) is 19.3. The maximum absolute atomic E-state index is 15.5. The minimum Gasteiger partial charge on any atom is -0.380 e. The summed E-state index contributed by atoms with van der Waals surface area (Å²) >= 11 is 0. The van der Waals surface area contributed by atoms with E-state index in [2.05, 4.69) is 0 Å². The molecule has 0 saturated carbocycles. The molecule has 2 atom stereocenters. The second kappa shape index (κ2) is 9.24. The second-order valence-corrected chi connectivity index (χ2v) is 9.07. The summed E-state index contributed by atoms with van der Waals surface area (Å²) in [6.45, 7) is 15.4. The van der Waals surface area contributed by atoms with Crippen LogP contribution in [0.1, 0.15) is 55.4 Å². The molecule has 0 aromatic carbocycles. The molecule has 1 aliphatic rings. The van der Waals surface area contributed by atoms with Crippen LogP contribution in [0.3, 0.4) is 0 Å². The number of carbonyl (C=O) groups is 1. The smallest absolute Gasteiger partial charge is 0.325 e. The zero-order valence-electron chi connectivity index (χ0n) is 19.3. The number of nitrogens with zero attached hydrogens (tertiary/aromatic N) is 2. The summed E-state index contributed by atoms with van der Waals surface area (Å²) in [5.41, 5.74) is -1.86. The molecular weight excluding hydrogens is 366 g/mol. The van der Waals surface area contributed by atoms with E-state index in [1.165, 1.54) is 24.0 Å². The van der Waals surface area contributed by atoms with Crippen LogP contribution in [0, 0.1) is 23.7 Å². The summed E-state index contributed by atoms with van der Waals surface area (Å²) in [5, 5.41) is 0. The minimum absolute atomic E-state index is 0.115. The Morgan fingerprint density at radius 2 is 0.964 bits per heavy atom. The first-order chi connectivity index (χ1) is 12.9. The number of carbonyl (C=O) groups excluding carboxylic acids is 1. The van der Waals surface area contributed by atoms with Gasteiger partial charge < -0.3 is 9.47 Å². The highest BCUT2D eigenvalue weighted by molar-refractivity contribution is 5.81. The van der Waals surface area contributed by atoms with Gasteiger partial charge in [-0.25, -0.2) is 13.6 Å². The third kappa shape index (κ3) is 3.32. The molecule has 28 heavy (non-hydrogen) atoms. The van der Waals surface area contributed by atoms with Gasteiger partial charge in [-0.2, -0.15) is 0 Å². The van der Waals surface area contributed by atoms with Gasteiger partial charge in [0.05, 0.1) is 24.3 Å². The molecular formula is C21H40F2N2O3. The normalized spacial score (nSPS) is 21.5. The summed E-state index contributed by atoms with van der Waals surface area (Å²) in [5.74, 6) is -0.459. The number of ether oxygens (including phenoxy) is 2. The van der Waals surface area contributed by atoms with Gasteiger partial charge in [0.1, 0.15) is 0 Å². The molecule has 1 heterocycles. The molecule has 166 valence electrons. The van der Waals surface area contributed by atoms with Gasteiger partial charge in [-0.05, 0) is 23.7 Å². The predicted molar refractivity (Wildman–Crippen MR) is 107 cm³/mol. The Hall–Kier alpha value is -0.950. The highest BCUT2D eigenvalue weighted by Crippen LogP contribution is 2.58. The Bertz CT molecular complexity index is 466. The fraction of sp³-hybridized carbons (Fsp3) is 0.952. The molecule has 2 unspecified atom stereocenters. The van der Waals surface area contributed by atoms with Crippen LogP contribution in [-0.2, 0) is 9.47 Å². The van der Waals surface area contributed by atoms with Crippen molar-refractivity contribution in [3.63, 3.8) is 0 Å². The highest BCUT2D eigenvalue weighted by Gasteiger charge is 2.73. The Balaban J connectivity index is 3.99. The molecule has 0 aromatic heterocycles. The fourth-order valence-corrected chi connectivity index (χ4v) is 6.24. The van der Waals surface area contributed by atoms with Crippen LogP contribution in [0.4, 0.5) is 13.6 Å². The monoisotopic (exact) mass is 406 g/mol. The van der Waals surface area contributed by atoms with Crippen LogP contribution < -0.4 is 0 Å². The molecule has 1 aliphatic heterocycles. The van der Waals surface area contributed by atoms with Gasteiger partial charge in [0.25, 0.3) is 0 Å². The lowest BCUT2D eigenvalue weighted by Gasteiger charge is -2.60. The molecule has 0 bridgehead atoms. The average Bonchev–Trinajstić information content (AvgIpc) is 2.82. The van der Waals surface area contributed by atoms with E-state index in [-0.39, 0.29) is 36.9 Å². The predicted octanol–water partition coefficient (Wildman–Crippen LogP) is 4.71. The van der Waals surface area contributed by atoms with Crippen LogP contribution in [-0.4, -0.2) is 66.9 Å². The Labute approximate surface area is 169 Å². The number of alkyl halides is 2. The Morgan fingerprint density at radius 3 is 1.14 bits per heavy atom. The number of methoxy groups -OCH3 is 2. The summed E-state index contributed by atoms with van der Waals surface area (Å²) in [7, 11) is 2.80. The van der Waals surface area contributed by atoms with Crippen LogP contribution in [0.5, 0.6) is 0 Å². The van der Waals surface area contributed by atoms with E-state index >= 15 is 8.78 Å². The lowest BCUT2D eigenvalue weighted by atomic mass is 9.55. The topological polar surface area (TPSA) is 42.0 Å². The van der Waals surface area contributed by atoms with Crippen molar-refractivity contribution in [1.82, 2.24) is 9.80 Å². The quantitative estimate of drug-likeness (QED) is 0.494. The van der Waals surface area contributed by atoms with E-state index in [0.717, 1.165) is 0 Å². The Kier molecular flexibility index (Phi) is 8.28. The second-order valence-electron chi connectivity index (χ2n) is 9.07. The van der Waals surface area contributed by atoms with Crippen molar-refractivity contribution in [1.29, 1.82) is 0 Å². The average molecular weight is 407 g/mol. The van der Waals surface area contributed by atoms with E-state index in [1.54, 1.807) is 0 Å². The first-order valence-electron chi connectivity index (χ1n) is 10.3. The highest BCUT2D eigenvalue weighted by atomic mass is 19.1. The van der Waals surface area contributed by atoms with E-state index in [1.807, 2.05) is 55.4 Å². The minimum atomic E-state index is -1.67. The van der Waals surface area contributed by atoms with Crippen molar-refractivity contribution in [2.24, 2.45) is 23.7 Å². The number of rotatable bonds is 10. The Morgan fingerprint density at radius 1 is 0.714 bits per heavy atom. The van der Waals surface area contributed by atoms with Gasteiger partial charge in [0.15, 0.2) is 12.6 Å². The third-order valence-electron chi connectivity index (χ3n) is 6.54. The third-order valence-corrected chi connectivity index (χ3v) is 6.54. The van der Waals surface area contributed by atoms with Crippen molar-refractivity contribution in [2.75, 3.05) is 27.4 Å². The first-order valence-corrected chi connectivity index (χ1v) is 10.3. The lowest BCUT2D eigenvalue weighted by molar-refractivity contribution is -0.136. The molecule has 0 aromatic rings. The van der Waals surface area contributed by atoms with E-state index < -0.39 is 29.7 Å². The standard InChI is InChI=1S/C21H40F2N2O3/c1-13(2)20(14(3)4)21(15(5)6,16(7)8)25(18(23)12-28-10)19(26)24(20)17(22)11-27-9/h13-18H,11-12H2,1-10H3. The van der Waals surface area contributed by atoms with E-state index in [4.69, 9.17) is 9.47 Å². The van der Waals surface area contributed by atoms with Crippen molar-refractivity contribution in [3.8, 4) is 0 Å². The van der Waals surface area contributed by atoms with E-state index in [0.29, 0.717) is 0 Å². The molecule has 0 spiro atoms. The SMILES string of the molecule is COCC(F)N1C(=O)N(C(F)COC)C(C(C)C)(C(C)C)C1(C(C)C)C(C)C. The van der Waals surface area contributed by atoms with Crippen LogP contribution in [0.2, 0.25) is 0 Å². The first kappa shape index (κ1) is 25.1. The number of amides is 2. The molecule has 0 aliphatic carbocycles. The summed E-state index contributed by atoms with van der Waals surface area (Å²) in [6.07, 6.45) is -3.34. The molecule has 7 heteroatoms. The molecule has 1 rings (SSSR count). The molecule has 1 fully saturated rings. The fourth-order valence-electron chi connectivity index (χ4n) is 6.24. The zero-order chi connectivity index (χ0) is 22.0. The molecule has 0 N–H and O–H groups in total. The van der Waals surface area contributed by atoms with Crippen LogP contribution >= 0.6 is 0 Å². The largest absolute Gasteiger partial charge is 0.380 e. The lowest BCUT2D eigenvalue weighted by Crippen LogP contribution is -2.73. The van der Waals surface area contributed by atoms with Gasteiger partial charge in [-0.3, -0.25) is 9.80 Å².